The molecule has 3 heteroatoms. The molecular weight excluding hydrogens is 200 g/mol. The standard InChI is InChI=1S/C13H17N2O/c1-10(2)13-8-15(9-14-13)11-4-6-12(16-3)7-5-11/h4-7,10,13H,8H2,1-3H3/t13-/m1/s1. The topological polar surface area (TPSA) is 24.8 Å². The number of hydrogen-bond donors (Lipinski definition) is 0. The first-order valence-electron chi connectivity index (χ1n) is 5.58. The summed E-state index contributed by atoms with van der Waals surface area (Å²) in [6.45, 7) is 5.30. The zero-order valence-corrected chi connectivity index (χ0v) is 9.97. The number of nitrogens with zero attached hydrogens (tertiary/aromatic N) is 2. The highest BCUT2D eigenvalue weighted by atomic mass is 16.5. The monoisotopic (exact) mass is 217 g/mol. The summed E-state index contributed by atoms with van der Waals surface area (Å²) in [5.41, 5.74) is 1.12. The fraction of sp³-hybridized carbons (Fsp3) is 0.462. The smallest absolute Gasteiger partial charge is 0.172 e. The maximum absolute atomic E-state index is 5.13. The fourth-order valence-electron chi connectivity index (χ4n) is 1.70. The van der Waals surface area contributed by atoms with Gasteiger partial charge in [-0.25, -0.2) is 0 Å². The van der Waals surface area contributed by atoms with Crippen molar-refractivity contribution >= 4 is 12.0 Å². The third-order valence-corrected chi connectivity index (χ3v) is 2.87. The van der Waals surface area contributed by atoms with Crippen LogP contribution in [0.15, 0.2) is 29.3 Å². The Morgan fingerprint density at radius 2 is 2.06 bits per heavy atom. The molecule has 1 atom stereocenters. The molecular formula is C13H17N2O. The van der Waals surface area contributed by atoms with Crippen molar-refractivity contribution in [3.63, 3.8) is 0 Å². The molecule has 1 aromatic rings. The molecule has 0 bridgehead atoms. The van der Waals surface area contributed by atoms with Crippen molar-refractivity contribution in [2.45, 2.75) is 19.9 Å². The number of methoxy groups -OCH3 is 1. The largest absolute Gasteiger partial charge is 0.497 e. The van der Waals surface area contributed by atoms with Gasteiger partial charge in [0.1, 0.15) is 5.75 Å². The number of rotatable bonds is 3. The van der Waals surface area contributed by atoms with E-state index in [1.165, 1.54) is 0 Å². The molecule has 1 radical (unpaired) electrons. The maximum Gasteiger partial charge on any atom is 0.172 e. The number of anilines is 1. The minimum absolute atomic E-state index is 0.363. The third-order valence-electron chi connectivity index (χ3n) is 2.87. The van der Waals surface area contributed by atoms with Gasteiger partial charge in [0, 0.05) is 12.2 Å². The molecule has 0 saturated carbocycles. The molecule has 16 heavy (non-hydrogen) atoms. The molecule has 0 N–H and O–H groups in total. The van der Waals surface area contributed by atoms with Crippen molar-refractivity contribution in [3.8, 4) is 5.75 Å². The van der Waals surface area contributed by atoms with Crippen molar-refractivity contribution in [2.24, 2.45) is 10.9 Å². The van der Waals surface area contributed by atoms with Crippen LogP contribution in [0.1, 0.15) is 13.8 Å². The summed E-state index contributed by atoms with van der Waals surface area (Å²) in [4.78, 5) is 6.44. The summed E-state index contributed by atoms with van der Waals surface area (Å²) in [6.07, 6.45) is 3.06. The number of aliphatic imine (C=N–C) groups is 1. The van der Waals surface area contributed by atoms with Gasteiger partial charge in [0.25, 0.3) is 0 Å². The first-order chi connectivity index (χ1) is 7.70. The van der Waals surface area contributed by atoms with Gasteiger partial charge in [0.05, 0.1) is 13.2 Å². The minimum Gasteiger partial charge on any atom is -0.497 e. The van der Waals surface area contributed by atoms with Crippen molar-refractivity contribution in [1.29, 1.82) is 0 Å². The van der Waals surface area contributed by atoms with Crippen LogP contribution < -0.4 is 9.64 Å². The van der Waals surface area contributed by atoms with E-state index in [-0.39, 0.29) is 0 Å². The van der Waals surface area contributed by atoms with Gasteiger partial charge in [-0.3, -0.25) is 4.99 Å². The van der Waals surface area contributed by atoms with Crippen LogP contribution in [0.4, 0.5) is 5.69 Å². The summed E-state index contributed by atoms with van der Waals surface area (Å²) in [5, 5.41) is 0. The Hall–Kier alpha value is -1.51. The predicted molar refractivity (Wildman–Crippen MR) is 66.4 cm³/mol. The van der Waals surface area contributed by atoms with Crippen molar-refractivity contribution in [1.82, 2.24) is 0 Å². The Labute approximate surface area is 96.7 Å². The number of ether oxygens (including phenoxy) is 1. The lowest BCUT2D eigenvalue weighted by Gasteiger charge is -2.17. The van der Waals surface area contributed by atoms with Crippen LogP contribution in [0.5, 0.6) is 5.75 Å². The Morgan fingerprint density at radius 1 is 1.38 bits per heavy atom. The quantitative estimate of drug-likeness (QED) is 0.777. The van der Waals surface area contributed by atoms with Gasteiger partial charge < -0.3 is 9.64 Å². The van der Waals surface area contributed by atoms with Gasteiger partial charge in [-0.05, 0) is 30.2 Å². The molecule has 2 rings (SSSR count). The molecule has 0 aromatic heterocycles. The average Bonchev–Trinajstić information content (AvgIpc) is 2.78. The van der Waals surface area contributed by atoms with Crippen LogP contribution in [0.25, 0.3) is 0 Å². The molecule has 0 spiro atoms. The first-order valence-corrected chi connectivity index (χ1v) is 5.58. The zero-order valence-electron chi connectivity index (χ0n) is 9.97. The Morgan fingerprint density at radius 3 is 2.56 bits per heavy atom. The molecule has 3 nitrogen and oxygen atoms in total. The molecule has 1 aliphatic rings. The second kappa shape index (κ2) is 4.56. The lowest BCUT2D eigenvalue weighted by molar-refractivity contribution is 0.415. The van der Waals surface area contributed by atoms with E-state index in [1.807, 2.05) is 24.3 Å². The van der Waals surface area contributed by atoms with Gasteiger partial charge in [-0.15, -0.1) is 0 Å². The molecule has 1 heterocycles. The molecule has 0 aliphatic carbocycles. The molecule has 1 aliphatic heterocycles. The van der Waals surface area contributed by atoms with E-state index in [1.54, 1.807) is 7.11 Å². The third kappa shape index (κ3) is 2.18. The van der Waals surface area contributed by atoms with E-state index in [2.05, 4.69) is 30.1 Å². The van der Waals surface area contributed by atoms with Crippen LogP contribution >= 0.6 is 0 Å². The van der Waals surface area contributed by atoms with Crippen molar-refractivity contribution in [2.75, 3.05) is 18.6 Å². The van der Waals surface area contributed by atoms with Gasteiger partial charge in [0.2, 0.25) is 0 Å². The summed E-state index contributed by atoms with van der Waals surface area (Å²) >= 11 is 0. The van der Waals surface area contributed by atoms with Crippen LogP contribution in [-0.2, 0) is 0 Å². The summed E-state index contributed by atoms with van der Waals surface area (Å²) in [7, 11) is 1.67. The van der Waals surface area contributed by atoms with E-state index < -0.39 is 0 Å². The van der Waals surface area contributed by atoms with E-state index >= 15 is 0 Å². The lowest BCUT2D eigenvalue weighted by Crippen LogP contribution is -2.25. The van der Waals surface area contributed by atoms with Crippen LogP contribution in [0.3, 0.4) is 0 Å². The summed E-state index contributed by atoms with van der Waals surface area (Å²) < 4.78 is 5.13. The Balaban J connectivity index is 2.06. The Bertz CT molecular complexity index is 370. The van der Waals surface area contributed by atoms with E-state index in [0.717, 1.165) is 18.0 Å². The molecule has 85 valence electrons. The van der Waals surface area contributed by atoms with Gasteiger partial charge in [-0.2, -0.15) is 0 Å². The Kier molecular flexibility index (Phi) is 3.13. The van der Waals surface area contributed by atoms with Crippen LogP contribution in [0.2, 0.25) is 0 Å². The van der Waals surface area contributed by atoms with Crippen molar-refractivity contribution < 1.29 is 4.74 Å². The van der Waals surface area contributed by atoms with Crippen molar-refractivity contribution in [3.05, 3.63) is 24.3 Å². The lowest BCUT2D eigenvalue weighted by atomic mass is 10.1. The SMILES string of the molecule is COc1ccc(N2[C]=N[C@@H](C(C)C)C2)cc1. The summed E-state index contributed by atoms with van der Waals surface area (Å²) in [5.74, 6) is 1.44. The van der Waals surface area contributed by atoms with Gasteiger partial charge in [-0.1, -0.05) is 13.8 Å². The summed E-state index contributed by atoms with van der Waals surface area (Å²) in [6, 6.07) is 8.34. The molecule has 0 unspecified atom stereocenters. The minimum atomic E-state index is 0.363. The van der Waals surface area contributed by atoms with E-state index in [4.69, 9.17) is 4.74 Å². The molecule has 0 saturated heterocycles. The fourth-order valence-corrected chi connectivity index (χ4v) is 1.70. The first kappa shape index (κ1) is 11.0. The second-order valence-corrected chi connectivity index (χ2v) is 4.35. The molecule has 0 amide bonds. The average molecular weight is 217 g/mol. The van der Waals surface area contributed by atoms with Crippen LogP contribution in [0, 0.1) is 5.92 Å². The molecule has 0 fully saturated rings. The number of benzene rings is 1. The highest BCUT2D eigenvalue weighted by Crippen LogP contribution is 2.22. The van der Waals surface area contributed by atoms with Gasteiger partial charge >= 0.3 is 0 Å². The second-order valence-electron chi connectivity index (χ2n) is 4.35. The highest BCUT2D eigenvalue weighted by Gasteiger charge is 2.21. The predicted octanol–water partition coefficient (Wildman–Crippen LogP) is 2.45. The normalized spacial score (nSPS) is 19.5. The highest BCUT2D eigenvalue weighted by molar-refractivity contribution is 5.81. The van der Waals surface area contributed by atoms with Gasteiger partial charge in [0.15, 0.2) is 6.34 Å². The van der Waals surface area contributed by atoms with E-state index in [9.17, 15) is 0 Å². The zero-order chi connectivity index (χ0) is 11.5. The number of hydrogen-bond acceptors (Lipinski definition) is 3. The molecule has 1 aromatic carbocycles. The maximum atomic E-state index is 5.13. The van der Waals surface area contributed by atoms with E-state index in [0.29, 0.717) is 12.0 Å². The van der Waals surface area contributed by atoms with Crippen LogP contribution in [-0.4, -0.2) is 26.0 Å².